The van der Waals surface area contributed by atoms with Crippen LogP contribution in [-0.2, 0) is 4.74 Å². The smallest absolute Gasteiger partial charge is 0.285 e. The summed E-state index contributed by atoms with van der Waals surface area (Å²) in [6, 6.07) is 0. The van der Waals surface area contributed by atoms with Crippen LogP contribution in [0.5, 0.6) is 0 Å². The molecule has 10 nitrogen and oxygen atoms in total. The standard InChI is InChI=1S/C13H17N5O5/c19-4-7-6(20)3-9(23-7)17-5-15-10-11(17)16-13-14-2-1-8(21)18(13)12(10)22/h5-9,19-21H,1-4H2,(H,14,16). The molecule has 0 saturated carbocycles. The predicted octanol–water partition coefficient (Wildman–Crippen LogP) is -1.46. The van der Waals surface area contributed by atoms with Crippen molar-refractivity contribution >= 4 is 17.1 Å². The third-order valence-corrected chi connectivity index (χ3v) is 4.31. The van der Waals surface area contributed by atoms with Gasteiger partial charge in [-0.1, -0.05) is 0 Å². The summed E-state index contributed by atoms with van der Waals surface area (Å²) >= 11 is 0. The Hall–Kier alpha value is -2.01. The zero-order valence-electron chi connectivity index (χ0n) is 12.2. The number of ether oxygens (including phenoxy) is 1. The third kappa shape index (κ3) is 2.14. The van der Waals surface area contributed by atoms with Crippen molar-refractivity contribution in [1.29, 1.82) is 0 Å². The fourth-order valence-electron chi connectivity index (χ4n) is 3.08. The molecule has 4 heterocycles. The first kappa shape index (κ1) is 14.6. The SMILES string of the molecule is O=c1c2ncn(C3CC(O)C(CO)O3)c2nc2n1C(O)CCN2. The number of aliphatic hydroxyl groups excluding tert-OH is 3. The maximum atomic E-state index is 12.5. The molecule has 2 aliphatic heterocycles. The second-order valence-electron chi connectivity index (χ2n) is 5.75. The Kier molecular flexibility index (Phi) is 3.34. The summed E-state index contributed by atoms with van der Waals surface area (Å²) in [6.07, 6.45) is -0.838. The van der Waals surface area contributed by atoms with Crippen LogP contribution in [0.2, 0.25) is 0 Å². The van der Waals surface area contributed by atoms with E-state index in [2.05, 4.69) is 15.3 Å². The van der Waals surface area contributed by atoms with Crippen molar-refractivity contribution in [3.63, 3.8) is 0 Å². The van der Waals surface area contributed by atoms with Gasteiger partial charge in [0.1, 0.15) is 18.6 Å². The quantitative estimate of drug-likeness (QED) is 0.527. The topological polar surface area (TPSA) is 135 Å². The number of aliphatic hydroxyl groups is 3. The van der Waals surface area contributed by atoms with Gasteiger partial charge in [-0.05, 0) is 0 Å². The fraction of sp³-hybridized carbons (Fsp3) is 0.615. The van der Waals surface area contributed by atoms with Crippen LogP contribution in [0.3, 0.4) is 0 Å². The molecule has 4 unspecified atom stereocenters. The van der Waals surface area contributed by atoms with Gasteiger partial charge in [0, 0.05) is 19.4 Å². The molecule has 0 bridgehead atoms. The zero-order chi connectivity index (χ0) is 16.1. The van der Waals surface area contributed by atoms with Crippen molar-refractivity contribution in [2.75, 3.05) is 18.5 Å². The van der Waals surface area contributed by atoms with Gasteiger partial charge in [0.15, 0.2) is 11.2 Å². The molecule has 10 heteroatoms. The molecule has 0 amide bonds. The summed E-state index contributed by atoms with van der Waals surface area (Å²) in [5, 5.41) is 32.0. The Bertz CT molecular complexity index is 802. The maximum absolute atomic E-state index is 12.5. The van der Waals surface area contributed by atoms with Crippen molar-refractivity contribution < 1.29 is 20.1 Å². The molecule has 0 spiro atoms. The van der Waals surface area contributed by atoms with E-state index in [1.807, 2.05) is 0 Å². The second-order valence-corrected chi connectivity index (χ2v) is 5.75. The van der Waals surface area contributed by atoms with Gasteiger partial charge in [0.2, 0.25) is 5.95 Å². The first-order valence-electron chi connectivity index (χ1n) is 7.45. The van der Waals surface area contributed by atoms with E-state index in [0.29, 0.717) is 18.6 Å². The van der Waals surface area contributed by atoms with Crippen LogP contribution in [0.25, 0.3) is 11.2 Å². The molecule has 23 heavy (non-hydrogen) atoms. The Balaban J connectivity index is 1.82. The van der Waals surface area contributed by atoms with Crippen LogP contribution in [-0.4, -0.2) is 59.8 Å². The van der Waals surface area contributed by atoms with Gasteiger partial charge in [-0.25, -0.2) is 9.55 Å². The van der Waals surface area contributed by atoms with Crippen molar-refractivity contribution in [3.8, 4) is 0 Å². The lowest BCUT2D eigenvalue weighted by Crippen LogP contribution is -2.34. The van der Waals surface area contributed by atoms with Crippen LogP contribution in [0, 0.1) is 0 Å². The molecular formula is C13H17N5O5. The van der Waals surface area contributed by atoms with Crippen LogP contribution in [0.1, 0.15) is 25.3 Å². The first-order valence-corrected chi connectivity index (χ1v) is 7.45. The number of anilines is 1. The molecule has 4 atom stereocenters. The highest BCUT2D eigenvalue weighted by atomic mass is 16.5. The average molecular weight is 323 g/mol. The molecule has 2 aromatic heterocycles. The molecule has 0 aliphatic carbocycles. The van der Waals surface area contributed by atoms with Gasteiger partial charge in [-0.2, -0.15) is 4.98 Å². The van der Waals surface area contributed by atoms with Crippen molar-refractivity contribution in [1.82, 2.24) is 19.1 Å². The number of nitrogens with one attached hydrogen (secondary N) is 1. The van der Waals surface area contributed by atoms with Crippen LogP contribution >= 0.6 is 0 Å². The highest BCUT2D eigenvalue weighted by molar-refractivity contribution is 5.71. The van der Waals surface area contributed by atoms with E-state index in [9.17, 15) is 20.1 Å². The van der Waals surface area contributed by atoms with E-state index in [1.165, 1.54) is 10.9 Å². The monoisotopic (exact) mass is 323 g/mol. The van der Waals surface area contributed by atoms with Crippen molar-refractivity contribution in [2.24, 2.45) is 0 Å². The average Bonchev–Trinajstić information content (AvgIpc) is 3.10. The molecule has 2 aliphatic rings. The van der Waals surface area contributed by atoms with Crippen molar-refractivity contribution in [3.05, 3.63) is 16.7 Å². The lowest BCUT2D eigenvalue weighted by Gasteiger charge is -2.24. The van der Waals surface area contributed by atoms with Gasteiger partial charge < -0.3 is 25.4 Å². The molecule has 4 rings (SSSR count). The Morgan fingerprint density at radius 1 is 1.43 bits per heavy atom. The van der Waals surface area contributed by atoms with Crippen LogP contribution < -0.4 is 10.9 Å². The number of rotatable bonds is 2. The van der Waals surface area contributed by atoms with E-state index in [-0.39, 0.29) is 24.5 Å². The highest BCUT2D eigenvalue weighted by Gasteiger charge is 2.36. The normalized spacial score (nSPS) is 30.4. The zero-order valence-corrected chi connectivity index (χ0v) is 12.2. The Labute approximate surface area is 130 Å². The first-order chi connectivity index (χ1) is 11.1. The van der Waals surface area contributed by atoms with E-state index >= 15 is 0 Å². The van der Waals surface area contributed by atoms with Gasteiger partial charge >= 0.3 is 0 Å². The minimum atomic E-state index is -0.927. The van der Waals surface area contributed by atoms with E-state index in [1.54, 1.807) is 4.57 Å². The molecule has 4 N–H and O–H groups in total. The maximum Gasteiger partial charge on any atom is 0.285 e. The van der Waals surface area contributed by atoms with Gasteiger partial charge in [0.05, 0.1) is 19.0 Å². The number of hydrogen-bond acceptors (Lipinski definition) is 8. The molecular weight excluding hydrogens is 306 g/mol. The fourth-order valence-corrected chi connectivity index (χ4v) is 3.08. The van der Waals surface area contributed by atoms with E-state index in [0.717, 1.165) is 0 Å². The summed E-state index contributed by atoms with van der Waals surface area (Å²) in [6.45, 7) is 0.224. The van der Waals surface area contributed by atoms with Gasteiger partial charge in [-0.3, -0.25) is 9.36 Å². The molecule has 1 fully saturated rings. The summed E-state index contributed by atoms with van der Waals surface area (Å²) in [5.41, 5.74) is 0.0152. The number of aromatic nitrogens is 4. The third-order valence-electron chi connectivity index (χ3n) is 4.31. The second kappa shape index (κ2) is 5.27. The lowest BCUT2D eigenvalue weighted by atomic mass is 10.2. The number of hydrogen-bond donors (Lipinski definition) is 4. The van der Waals surface area contributed by atoms with Crippen LogP contribution in [0.15, 0.2) is 11.1 Å². The summed E-state index contributed by atoms with van der Waals surface area (Å²) < 4.78 is 8.34. The minimum absolute atomic E-state index is 0.127. The van der Waals surface area contributed by atoms with E-state index in [4.69, 9.17) is 4.74 Å². The Morgan fingerprint density at radius 2 is 2.26 bits per heavy atom. The highest BCUT2D eigenvalue weighted by Crippen LogP contribution is 2.31. The molecule has 0 radical (unpaired) electrons. The summed E-state index contributed by atoms with van der Waals surface area (Å²) in [5.74, 6) is 0.278. The Morgan fingerprint density at radius 3 is 3.00 bits per heavy atom. The molecule has 1 saturated heterocycles. The number of fused-ring (bicyclic) bond motifs is 2. The lowest BCUT2D eigenvalue weighted by molar-refractivity contribution is -0.0432. The minimum Gasteiger partial charge on any atom is -0.394 e. The summed E-state index contributed by atoms with van der Waals surface area (Å²) in [4.78, 5) is 21.0. The molecule has 2 aromatic rings. The number of nitrogens with zero attached hydrogens (tertiary/aromatic N) is 4. The predicted molar refractivity (Wildman–Crippen MR) is 77.8 cm³/mol. The molecule has 0 aromatic carbocycles. The molecule has 124 valence electrons. The van der Waals surface area contributed by atoms with E-state index < -0.39 is 30.2 Å². The number of imidazole rings is 1. The van der Waals surface area contributed by atoms with Crippen molar-refractivity contribution in [2.45, 2.75) is 37.5 Å². The largest absolute Gasteiger partial charge is 0.394 e. The van der Waals surface area contributed by atoms with Gasteiger partial charge in [-0.15, -0.1) is 0 Å². The van der Waals surface area contributed by atoms with Crippen LogP contribution in [0.4, 0.5) is 5.95 Å². The van der Waals surface area contributed by atoms with Gasteiger partial charge in [0.25, 0.3) is 5.56 Å². The summed E-state index contributed by atoms with van der Waals surface area (Å²) in [7, 11) is 0.